The molecule has 1 fully saturated rings. The second-order valence-corrected chi connectivity index (χ2v) is 9.92. The van der Waals surface area contributed by atoms with Crippen LogP contribution in [0.15, 0.2) is 53.4 Å². The lowest BCUT2D eigenvalue weighted by molar-refractivity contribution is 0.0935. The van der Waals surface area contributed by atoms with Crippen LogP contribution in [0.25, 0.3) is 0 Å². The number of hydrogen-bond donors (Lipinski definition) is 1. The molecule has 0 saturated carbocycles. The van der Waals surface area contributed by atoms with Crippen molar-refractivity contribution in [3.8, 4) is 0 Å². The van der Waals surface area contributed by atoms with Crippen LogP contribution in [0.1, 0.15) is 55.1 Å². The van der Waals surface area contributed by atoms with Gasteiger partial charge in [-0.15, -0.1) is 0 Å². The number of carbonyl (C=O) groups excluding carboxylic acids is 1. The summed E-state index contributed by atoms with van der Waals surface area (Å²) in [6, 6.07) is 13.8. The van der Waals surface area contributed by atoms with E-state index in [4.69, 9.17) is 11.6 Å². The van der Waals surface area contributed by atoms with Gasteiger partial charge in [0.05, 0.1) is 21.5 Å². The first-order valence-electron chi connectivity index (χ1n) is 9.98. The first kappa shape index (κ1) is 21.8. The van der Waals surface area contributed by atoms with Gasteiger partial charge in [0, 0.05) is 13.1 Å². The molecule has 0 aromatic heterocycles. The van der Waals surface area contributed by atoms with Crippen LogP contribution in [0.4, 0.5) is 0 Å². The van der Waals surface area contributed by atoms with E-state index in [0.717, 1.165) is 18.4 Å². The number of nitrogens with one attached hydrogen (secondary N) is 1. The molecule has 0 radical (unpaired) electrons. The van der Waals surface area contributed by atoms with Gasteiger partial charge in [0.1, 0.15) is 0 Å². The Morgan fingerprint density at radius 1 is 1.17 bits per heavy atom. The van der Waals surface area contributed by atoms with Crippen molar-refractivity contribution in [2.24, 2.45) is 5.92 Å². The fourth-order valence-corrected chi connectivity index (χ4v) is 5.26. The van der Waals surface area contributed by atoms with Crippen molar-refractivity contribution < 1.29 is 13.2 Å². The Morgan fingerprint density at radius 2 is 1.83 bits per heavy atom. The van der Waals surface area contributed by atoms with E-state index in [2.05, 4.69) is 12.2 Å². The Labute approximate surface area is 178 Å². The van der Waals surface area contributed by atoms with Crippen LogP contribution in [0.3, 0.4) is 0 Å². The highest BCUT2D eigenvalue weighted by Crippen LogP contribution is 2.27. The summed E-state index contributed by atoms with van der Waals surface area (Å²) in [5.74, 6) is 0.145. The quantitative estimate of drug-likeness (QED) is 0.720. The average molecular weight is 435 g/mol. The lowest BCUT2D eigenvalue weighted by Crippen LogP contribution is -2.38. The van der Waals surface area contributed by atoms with Crippen molar-refractivity contribution in [3.05, 3.63) is 64.7 Å². The van der Waals surface area contributed by atoms with E-state index in [1.54, 1.807) is 0 Å². The van der Waals surface area contributed by atoms with E-state index in [-0.39, 0.29) is 27.4 Å². The zero-order valence-corrected chi connectivity index (χ0v) is 18.3. The van der Waals surface area contributed by atoms with Crippen molar-refractivity contribution in [1.29, 1.82) is 0 Å². The molecule has 5 nitrogen and oxygen atoms in total. The maximum Gasteiger partial charge on any atom is 0.253 e. The van der Waals surface area contributed by atoms with E-state index in [9.17, 15) is 13.2 Å². The van der Waals surface area contributed by atoms with Gasteiger partial charge in [0.15, 0.2) is 0 Å². The molecule has 7 heteroatoms. The zero-order chi connectivity index (χ0) is 21.0. The number of hydrogen-bond acceptors (Lipinski definition) is 3. The zero-order valence-electron chi connectivity index (χ0n) is 16.8. The minimum atomic E-state index is -3.65. The third kappa shape index (κ3) is 5.00. The Bertz CT molecular complexity index is 955. The smallest absolute Gasteiger partial charge is 0.253 e. The highest BCUT2D eigenvalue weighted by molar-refractivity contribution is 7.89. The minimum Gasteiger partial charge on any atom is -0.345 e. The van der Waals surface area contributed by atoms with Gasteiger partial charge in [-0.2, -0.15) is 4.31 Å². The molecule has 1 aliphatic rings. The van der Waals surface area contributed by atoms with Crippen LogP contribution in [0.5, 0.6) is 0 Å². The van der Waals surface area contributed by atoms with Crippen LogP contribution < -0.4 is 5.32 Å². The predicted molar refractivity (Wildman–Crippen MR) is 116 cm³/mol. The molecule has 3 rings (SSSR count). The number of amides is 1. The van der Waals surface area contributed by atoms with Crippen LogP contribution in [-0.2, 0) is 10.0 Å². The number of carbonyl (C=O) groups is 1. The Kier molecular flexibility index (Phi) is 6.98. The number of rotatable bonds is 6. The molecule has 156 valence electrons. The van der Waals surface area contributed by atoms with Gasteiger partial charge < -0.3 is 5.32 Å². The lowest BCUT2D eigenvalue weighted by atomic mass is 10.0. The first-order valence-corrected chi connectivity index (χ1v) is 11.8. The van der Waals surface area contributed by atoms with Gasteiger partial charge >= 0.3 is 0 Å². The molecule has 1 atom stereocenters. The number of benzene rings is 2. The highest BCUT2D eigenvalue weighted by Gasteiger charge is 2.29. The fourth-order valence-electron chi connectivity index (χ4n) is 3.56. The molecule has 1 heterocycles. The molecule has 1 amide bonds. The average Bonchev–Trinajstić information content (AvgIpc) is 2.73. The topological polar surface area (TPSA) is 66.5 Å². The number of piperidine rings is 1. The largest absolute Gasteiger partial charge is 0.345 e. The molecular weight excluding hydrogens is 408 g/mol. The molecule has 0 unspecified atom stereocenters. The summed E-state index contributed by atoms with van der Waals surface area (Å²) < 4.78 is 27.6. The third-order valence-electron chi connectivity index (χ3n) is 5.48. The molecule has 1 N–H and O–H groups in total. The number of sulfonamides is 1. The van der Waals surface area contributed by atoms with Gasteiger partial charge in [-0.1, -0.05) is 55.8 Å². The summed E-state index contributed by atoms with van der Waals surface area (Å²) in [7, 11) is -3.65. The predicted octanol–water partition coefficient (Wildman–Crippen LogP) is 4.64. The van der Waals surface area contributed by atoms with Crippen molar-refractivity contribution >= 4 is 27.5 Å². The summed E-state index contributed by atoms with van der Waals surface area (Å²) in [6.45, 7) is 5.11. The van der Waals surface area contributed by atoms with Crippen molar-refractivity contribution in [1.82, 2.24) is 9.62 Å². The number of nitrogens with zero attached hydrogens (tertiary/aromatic N) is 1. The van der Waals surface area contributed by atoms with Crippen LogP contribution in [0.2, 0.25) is 5.02 Å². The summed E-state index contributed by atoms with van der Waals surface area (Å²) in [5, 5.41) is 3.21. The minimum absolute atomic E-state index is 0.106. The van der Waals surface area contributed by atoms with E-state index < -0.39 is 10.0 Å². The molecule has 0 bridgehead atoms. The Morgan fingerprint density at radius 3 is 2.45 bits per heavy atom. The van der Waals surface area contributed by atoms with Gasteiger partial charge in [0.2, 0.25) is 10.0 Å². The second-order valence-electron chi connectivity index (χ2n) is 7.57. The van der Waals surface area contributed by atoms with Crippen molar-refractivity contribution in [2.75, 3.05) is 13.1 Å². The summed E-state index contributed by atoms with van der Waals surface area (Å²) in [5.41, 5.74) is 1.16. The van der Waals surface area contributed by atoms with Crippen LogP contribution >= 0.6 is 11.6 Å². The summed E-state index contributed by atoms with van der Waals surface area (Å²) in [6.07, 6.45) is 2.39. The SMILES string of the molecule is CC[C@H](NC(=O)c1cc(S(=O)(=O)N2CCC(C)CC2)ccc1Cl)c1ccccc1. The van der Waals surface area contributed by atoms with Crippen molar-refractivity contribution in [2.45, 2.75) is 44.0 Å². The van der Waals surface area contributed by atoms with Gasteiger partial charge in [-0.3, -0.25) is 4.79 Å². The molecular formula is C22H27ClN2O3S. The maximum absolute atomic E-state index is 13.0. The third-order valence-corrected chi connectivity index (χ3v) is 7.70. The fraction of sp³-hybridized carbons (Fsp3) is 0.409. The van der Waals surface area contributed by atoms with E-state index >= 15 is 0 Å². The Balaban J connectivity index is 1.84. The summed E-state index contributed by atoms with van der Waals surface area (Å²) in [4.78, 5) is 13.0. The van der Waals surface area contributed by atoms with Crippen LogP contribution in [0, 0.1) is 5.92 Å². The van der Waals surface area contributed by atoms with E-state index in [1.165, 1.54) is 22.5 Å². The lowest BCUT2D eigenvalue weighted by Gasteiger charge is -2.29. The van der Waals surface area contributed by atoms with Crippen molar-refractivity contribution in [3.63, 3.8) is 0 Å². The molecule has 29 heavy (non-hydrogen) atoms. The standard InChI is InChI=1S/C22H27ClN2O3S/c1-3-21(17-7-5-4-6-8-17)24-22(26)19-15-18(9-10-20(19)23)29(27,28)25-13-11-16(2)12-14-25/h4-10,15-16,21H,3,11-14H2,1-2H3,(H,24,26)/t21-/m0/s1. The molecule has 2 aromatic carbocycles. The number of halogens is 1. The second kappa shape index (κ2) is 9.28. The van der Waals surface area contributed by atoms with Crippen LogP contribution in [-0.4, -0.2) is 31.7 Å². The molecule has 0 spiro atoms. The van der Waals surface area contributed by atoms with Gasteiger partial charge in [-0.05, 0) is 48.9 Å². The Hall–Kier alpha value is -1.89. The van der Waals surface area contributed by atoms with Gasteiger partial charge in [0.25, 0.3) is 5.91 Å². The van der Waals surface area contributed by atoms with E-state index in [1.807, 2.05) is 37.3 Å². The molecule has 2 aromatic rings. The van der Waals surface area contributed by atoms with Gasteiger partial charge in [-0.25, -0.2) is 8.42 Å². The molecule has 1 saturated heterocycles. The normalized spacial score (nSPS) is 17.1. The molecule has 0 aliphatic carbocycles. The monoisotopic (exact) mass is 434 g/mol. The first-order chi connectivity index (χ1) is 13.8. The van der Waals surface area contributed by atoms with E-state index in [0.29, 0.717) is 25.4 Å². The molecule has 1 aliphatic heterocycles. The highest BCUT2D eigenvalue weighted by atomic mass is 35.5. The maximum atomic E-state index is 13.0. The summed E-state index contributed by atoms with van der Waals surface area (Å²) >= 11 is 6.25.